The van der Waals surface area contributed by atoms with E-state index >= 15 is 0 Å². The second-order valence-electron chi connectivity index (χ2n) is 5.49. The van der Waals surface area contributed by atoms with Crippen molar-refractivity contribution in [2.75, 3.05) is 13.1 Å². The third-order valence-electron chi connectivity index (χ3n) is 3.38. The highest BCUT2D eigenvalue weighted by molar-refractivity contribution is 7.07. The normalized spacial score (nSPS) is 26.6. The van der Waals surface area contributed by atoms with Crippen molar-refractivity contribution >= 4 is 11.3 Å². The molecule has 2 atom stereocenters. The fraction of sp³-hybridized carbons (Fsp3) is 0.769. The number of hydrogen-bond donors (Lipinski definition) is 1. The molecule has 1 aromatic rings. The fourth-order valence-corrected chi connectivity index (χ4v) is 3.01. The Bertz CT molecular complexity index is 323. The Morgan fingerprint density at radius 3 is 3.06 bits per heavy atom. The Labute approximate surface area is 108 Å². The van der Waals surface area contributed by atoms with Crippen LogP contribution in [0, 0.1) is 5.92 Å². The van der Waals surface area contributed by atoms with Crippen LogP contribution in [-0.4, -0.2) is 35.1 Å². The van der Waals surface area contributed by atoms with E-state index in [0.717, 1.165) is 25.6 Å². The van der Waals surface area contributed by atoms with Gasteiger partial charge in [0.15, 0.2) is 0 Å². The van der Waals surface area contributed by atoms with Crippen LogP contribution in [0.2, 0.25) is 0 Å². The first-order chi connectivity index (χ1) is 8.15. The van der Waals surface area contributed by atoms with Gasteiger partial charge in [-0.2, -0.15) is 0 Å². The number of nitrogens with one attached hydrogen (secondary N) is 1. The van der Waals surface area contributed by atoms with E-state index in [1.165, 1.54) is 12.1 Å². The lowest BCUT2D eigenvalue weighted by molar-refractivity contribution is 0.123. The van der Waals surface area contributed by atoms with E-state index in [1.807, 2.05) is 5.51 Å². The fourth-order valence-electron chi connectivity index (χ4n) is 2.46. The quantitative estimate of drug-likeness (QED) is 0.893. The van der Waals surface area contributed by atoms with Crippen LogP contribution in [-0.2, 0) is 6.54 Å². The molecule has 1 aliphatic heterocycles. The predicted octanol–water partition coefficient (Wildman–Crippen LogP) is 2.35. The average Bonchev–Trinajstić information content (AvgIpc) is 2.75. The molecule has 2 rings (SSSR count). The average molecular weight is 253 g/mol. The van der Waals surface area contributed by atoms with Crippen molar-refractivity contribution in [2.45, 2.75) is 45.8 Å². The molecule has 1 fully saturated rings. The minimum atomic E-state index is 0.611. The van der Waals surface area contributed by atoms with Gasteiger partial charge in [0, 0.05) is 37.1 Å². The van der Waals surface area contributed by atoms with Crippen molar-refractivity contribution in [1.29, 1.82) is 0 Å². The van der Waals surface area contributed by atoms with Gasteiger partial charge in [-0.15, -0.1) is 11.3 Å². The van der Waals surface area contributed by atoms with E-state index in [-0.39, 0.29) is 0 Å². The molecule has 0 saturated carbocycles. The molecule has 96 valence electrons. The Morgan fingerprint density at radius 1 is 1.59 bits per heavy atom. The maximum atomic E-state index is 4.39. The summed E-state index contributed by atoms with van der Waals surface area (Å²) in [5, 5.41) is 5.81. The standard InChI is InChI=1S/C13H23N3S/c1-10(2)4-12-6-16(11(3)5-14-12)7-13-8-17-9-15-13/h8-12,14H,4-7H2,1-3H3. The van der Waals surface area contributed by atoms with Crippen LogP contribution in [0.5, 0.6) is 0 Å². The molecule has 1 aliphatic rings. The first kappa shape index (κ1) is 13.0. The minimum absolute atomic E-state index is 0.611. The van der Waals surface area contributed by atoms with Crippen molar-refractivity contribution in [3.05, 3.63) is 16.6 Å². The van der Waals surface area contributed by atoms with Gasteiger partial charge < -0.3 is 5.32 Å². The second kappa shape index (κ2) is 5.94. The number of nitrogens with zero attached hydrogens (tertiary/aromatic N) is 2. The first-order valence-corrected chi connectivity index (χ1v) is 7.44. The lowest BCUT2D eigenvalue weighted by atomic mass is 10.00. The zero-order chi connectivity index (χ0) is 12.3. The molecule has 1 N–H and O–H groups in total. The topological polar surface area (TPSA) is 28.2 Å². The summed E-state index contributed by atoms with van der Waals surface area (Å²) in [4.78, 5) is 6.94. The largest absolute Gasteiger partial charge is 0.311 e. The molecule has 0 aliphatic carbocycles. The van der Waals surface area contributed by atoms with E-state index < -0.39 is 0 Å². The highest BCUT2D eigenvalue weighted by atomic mass is 32.1. The van der Waals surface area contributed by atoms with Crippen molar-refractivity contribution in [1.82, 2.24) is 15.2 Å². The smallest absolute Gasteiger partial charge is 0.0795 e. The lowest BCUT2D eigenvalue weighted by Crippen LogP contribution is -2.55. The van der Waals surface area contributed by atoms with Crippen LogP contribution >= 0.6 is 11.3 Å². The van der Waals surface area contributed by atoms with Crippen molar-refractivity contribution in [3.8, 4) is 0 Å². The highest BCUT2D eigenvalue weighted by Crippen LogP contribution is 2.16. The molecular weight excluding hydrogens is 230 g/mol. The maximum Gasteiger partial charge on any atom is 0.0795 e. The van der Waals surface area contributed by atoms with Crippen LogP contribution in [0.1, 0.15) is 32.9 Å². The molecule has 17 heavy (non-hydrogen) atoms. The summed E-state index contributed by atoms with van der Waals surface area (Å²) in [6.45, 7) is 10.1. The van der Waals surface area contributed by atoms with Gasteiger partial charge in [0.05, 0.1) is 11.2 Å². The van der Waals surface area contributed by atoms with Crippen molar-refractivity contribution in [3.63, 3.8) is 0 Å². The van der Waals surface area contributed by atoms with Gasteiger partial charge in [-0.25, -0.2) is 4.98 Å². The molecular formula is C13H23N3S. The molecule has 2 heterocycles. The van der Waals surface area contributed by atoms with Gasteiger partial charge in [-0.3, -0.25) is 4.90 Å². The van der Waals surface area contributed by atoms with Gasteiger partial charge >= 0.3 is 0 Å². The van der Waals surface area contributed by atoms with Gasteiger partial charge in [-0.1, -0.05) is 13.8 Å². The molecule has 1 aromatic heterocycles. The summed E-state index contributed by atoms with van der Waals surface area (Å²) < 4.78 is 0. The van der Waals surface area contributed by atoms with Crippen LogP contribution in [0.25, 0.3) is 0 Å². The Hall–Kier alpha value is -0.450. The maximum absolute atomic E-state index is 4.39. The second-order valence-corrected chi connectivity index (χ2v) is 6.21. The third kappa shape index (κ3) is 3.76. The summed E-state index contributed by atoms with van der Waals surface area (Å²) in [5.41, 5.74) is 3.14. The van der Waals surface area contributed by atoms with Gasteiger partial charge in [0.2, 0.25) is 0 Å². The van der Waals surface area contributed by atoms with E-state index in [4.69, 9.17) is 0 Å². The summed E-state index contributed by atoms with van der Waals surface area (Å²) in [6.07, 6.45) is 1.26. The van der Waals surface area contributed by atoms with Gasteiger partial charge in [0.25, 0.3) is 0 Å². The number of rotatable bonds is 4. The summed E-state index contributed by atoms with van der Waals surface area (Å²) in [5.74, 6) is 0.766. The molecule has 0 spiro atoms. The molecule has 0 radical (unpaired) electrons. The summed E-state index contributed by atoms with van der Waals surface area (Å²) in [7, 11) is 0. The third-order valence-corrected chi connectivity index (χ3v) is 4.02. The SMILES string of the molecule is CC(C)CC1CN(Cc2cscn2)C(C)CN1. The predicted molar refractivity (Wildman–Crippen MR) is 73.2 cm³/mol. The van der Waals surface area contributed by atoms with Gasteiger partial charge in [-0.05, 0) is 19.3 Å². The van der Waals surface area contributed by atoms with Crippen LogP contribution in [0.3, 0.4) is 0 Å². The van der Waals surface area contributed by atoms with Crippen LogP contribution in [0.4, 0.5) is 0 Å². The van der Waals surface area contributed by atoms with Crippen molar-refractivity contribution in [2.24, 2.45) is 5.92 Å². The van der Waals surface area contributed by atoms with Crippen LogP contribution < -0.4 is 5.32 Å². The molecule has 0 aromatic carbocycles. The molecule has 2 unspecified atom stereocenters. The number of hydrogen-bond acceptors (Lipinski definition) is 4. The molecule has 3 nitrogen and oxygen atoms in total. The zero-order valence-electron chi connectivity index (χ0n) is 11.0. The van der Waals surface area contributed by atoms with Gasteiger partial charge in [0.1, 0.15) is 0 Å². The Kier molecular flexibility index (Phi) is 4.54. The summed E-state index contributed by atoms with van der Waals surface area (Å²) >= 11 is 1.69. The van der Waals surface area contributed by atoms with E-state index in [1.54, 1.807) is 11.3 Å². The molecule has 0 amide bonds. The molecule has 1 saturated heterocycles. The molecule has 4 heteroatoms. The monoisotopic (exact) mass is 253 g/mol. The lowest BCUT2D eigenvalue weighted by Gasteiger charge is -2.39. The molecule has 0 bridgehead atoms. The number of aromatic nitrogens is 1. The van der Waals surface area contributed by atoms with E-state index in [2.05, 4.69) is 41.4 Å². The van der Waals surface area contributed by atoms with Crippen LogP contribution in [0.15, 0.2) is 10.9 Å². The minimum Gasteiger partial charge on any atom is -0.311 e. The van der Waals surface area contributed by atoms with Crippen molar-refractivity contribution < 1.29 is 0 Å². The zero-order valence-corrected chi connectivity index (χ0v) is 11.8. The number of thiazole rings is 1. The first-order valence-electron chi connectivity index (χ1n) is 6.49. The highest BCUT2D eigenvalue weighted by Gasteiger charge is 2.25. The Morgan fingerprint density at radius 2 is 2.41 bits per heavy atom. The number of piperazine rings is 1. The van der Waals surface area contributed by atoms with E-state index in [9.17, 15) is 0 Å². The van der Waals surface area contributed by atoms with E-state index in [0.29, 0.717) is 12.1 Å². The Balaban J connectivity index is 1.90. The summed E-state index contributed by atoms with van der Waals surface area (Å²) in [6, 6.07) is 1.25.